The summed E-state index contributed by atoms with van der Waals surface area (Å²) < 4.78 is 5.13. The standard InChI is InChI=1S/C10H14ClNO/c1-6-4-8(7(2)12)5-9(13-3)10(6)11/h4-5,7H,12H2,1-3H3. The van der Waals surface area contributed by atoms with Crippen LogP contribution in [0.4, 0.5) is 0 Å². The Bertz CT molecular complexity index is 310. The second kappa shape index (κ2) is 3.99. The van der Waals surface area contributed by atoms with E-state index < -0.39 is 0 Å². The van der Waals surface area contributed by atoms with Crippen LogP contribution in [0.3, 0.4) is 0 Å². The molecular weight excluding hydrogens is 186 g/mol. The van der Waals surface area contributed by atoms with E-state index in [2.05, 4.69) is 0 Å². The minimum Gasteiger partial charge on any atom is -0.495 e. The lowest BCUT2D eigenvalue weighted by molar-refractivity contribution is 0.414. The zero-order valence-corrected chi connectivity index (χ0v) is 8.85. The van der Waals surface area contributed by atoms with E-state index in [4.69, 9.17) is 22.1 Å². The molecular formula is C10H14ClNO. The maximum atomic E-state index is 6.00. The Labute approximate surface area is 83.6 Å². The molecule has 0 aromatic heterocycles. The second-order valence-corrected chi connectivity index (χ2v) is 3.52. The molecule has 0 aliphatic rings. The quantitative estimate of drug-likeness (QED) is 0.795. The van der Waals surface area contributed by atoms with Gasteiger partial charge in [-0.25, -0.2) is 0 Å². The molecule has 2 nitrogen and oxygen atoms in total. The second-order valence-electron chi connectivity index (χ2n) is 3.14. The van der Waals surface area contributed by atoms with Crippen LogP contribution in [0.2, 0.25) is 5.02 Å². The highest BCUT2D eigenvalue weighted by atomic mass is 35.5. The number of halogens is 1. The molecule has 0 spiro atoms. The third kappa shape index (κ3) is 2.14. The Hall–Kier alpha value is -0.730. The Morgan fingerprint density at radius 2 is 2.08 bits per heavy atom. The van der Waals surface area contributed by atoms with Crippen molar-refractivity contribution in [2.45, 2.75) is 19.9 Å². The molecule has 0 aliphatic carbocycles. The van der Waals surface area contributed by atoms with E-state index in [9.17, 15) is 0 Å². The van der Waals surface area contributed by atoms with Crippen LogP contribution in [0.1, 0.15) is 24.1 Å². The Morgan fingerprint density at radius 3 is 2.54 bits per heavy atom. The van der Waals surface area contributed by atoms with Gasteiger partial charge < -0.3 is 10.5 Å². The molecule has 1 aromatic carbocycles. The topological polar surface area (TPSA) is 35.2 Å². The predicted molar refractivity (Wildman–Crippen MR) is 55.3 cm³/mol. The number of hydrogen-bond donors (Lipinski definition) is 1. The van der Waals surface area contributed by atoms with Crippen LogP contribution in [0.5, 0.6) is 5.75 Å². The fraction of sp³-hybridized carbons (Fsp3) is 0.400. The normalized spacial score (nSPS) is 12.7. The molecule has 0 heterocycles. The summed E-state index contributed by atoms with van der Waals surface area (Å²) in [5.41, 5.74) is 7.79. The van der Waals surface area contributed by atoms with Crippen LogP contribution in [0, 0.1) is 6.92 Å². The summed E-state index contributed by atoms with van der Waals surface area (Å²) in [7, 11) is 1.60. The molecule has 0 saturated carbocycles. The maximum Gasteiger partial charge on any atom is 0.138 e. The van der Waals surface area contributed by atoms with Gasteiger partial charge >= 0.3 is 0 Å². The number of hydrogen-bond acceptors (Lipinski definition) is 2. The van der Waals surface area contributed by atoms with Crippen LogP contribution in [0.25, 0.3) is 0 Å². The predicted octanol–water partition coefficient (Wildman–Crippen LogP) is 2.68. The van der Waals surface area contributed by atoms with Crippen LogP contribution in [0.15, 0.2) is 12.1 Å². The van der Waals surface area contributed by atoms with Gasteiger partial charge in [-0.3, -0.25) is 0 Å². The Morgan fingerprint density at radius 1 is 1.46 bits per heavy atom. The fourth-order valence-corrected chi connectivity index (χ4v) is 1.36. The number of benzene rings is 1. The van der Waals surface area contributed by atoms with Crippen molar-refractivity contribution >= 4 is 11.6 Å². The molecule has 72 valence electrons. The highest BCUT2D eigenvalue weighted by Crippen LogP contribution is 2.30. The monoisotopic (exact) mass is 199 g/mol. The van der Waals surface area contributed by atoms with Crippen LogP contribution in [-0.4, -0.2) is 7.11 Å². The van der Waals surface area contributed by atoms with Gasteiger partial charge in [-0.1, -0.05) is 17.7 Å². The van der Waals surface area contributed by atoms with Crippen molar-refractivity contribution in [2.24, 2.45) is 5.73 Å². The van der Waals surface area contributed by atoms with E-state index in [0.29, 0.717) is 10.8 Å². The SMILES string of the molecule is COc1cc(C(C)N)cc(C)c1Cl. The third-order valence-corrected chi connectivity index (χ3v) is 2.47. The van der Waals surface area contributed by atoms with Crippen molar-refractivity contribution in [2.75, 3.05) is 7.11 Å². The molecule has 0 radical (unpaired) electrons. The molecule has 0 bridgehead atoms. The van der Waals surface area contributed by atoms with Crippen molar-refractivity contribution in [1.82, 2.24) is 0 Å². The molecule has 0 fully saturated rings. The molecule has 3 heteroatoms. The Kier molecular flexibility index (Phi) is 3.17. The number of methoxy groups -OCH3 is 1. The summed E-state index contributed by atoms with van der Waals surface area (Å²) in [5.74, 6) is 0.689. The molecule has 13 heavy (non-hydrogen) atoms. The fourth-order valence-electron chi connectivity index (χ4n) is 1.18. The first kappa shape index (κ1) is 10.4. The average Bonchev–Trinajstić information content (AvgIpc) is 2.09. The highest BCUT2D eigenvalue weighted by Gasteiger charge is 2.08. The summed E-state index contributed by atoms with van der Waals surface area (Å²) in [6, 6.07) is 3.86. The lowest BCUT2D eigenvalue weighted by Gasteiger charge is -2.11. The van der Waals surface area contributed by atoms with Gasteiger partial charge in [0.05, 0.1) is 12.1 Å². The first-order chi connectivity index (χ1) is 6.06. The van der Waals surface area contributed by atoms with E-state index in [-0.39, 0.29) is 6.04 Å². The zero-order valence-electron chi connectivity index (χ0n) is 8.10. The number of ether oxygens (including phenoxy) is 1. The lowest BCUT2D eigenvalue weighted by Crippen LogP contribution is -2.05. The van der Waals surface area contributed by atoms with Gasteiger partial charge in [0.1, 0.15) is 5.75 Å². The van der Waals surface area contributed by atoms with Gasteiger partial charge in [0.25, 0.3) is 0 Å². The van der Waals surface area contributed by atoms with Gasteiger partial charge in [0, 0.05) is 6.04 Å². The molecule has 1 atom stereocenters. The van der Waals surface area contributed by atoms with E-state index in [1.165, 1.54) is 0 Å². The molecule has 2 N–H and O–H groups in total. The van der Waals surface area contributed by atoms with E-state index in [1.54, 1.807) is 7.11 Å². The third-order valence-electron chi connectivity index (χ3n) is 1.99. The van der Waals surface area contributed by atoms with Crippen molar-refractivity contribution < 1.29 is 4.74 Å². The number of aryl methyl sites for hydroxylation is 1. The van der Waals surface area contributed by atoms with Crippen LogP contribution >= 0.6 is 11.6 Å². The average molecular weight is 200 g/mol. The Balaban J connectivity index is 3.22. The van der Waals surface area contributed by atoms with Gasteiger partial charge in [0.15, 0.2) is 0 Å². The number of rotatable bonds is 2. The maximum absolute atomic E-state index is 6.00. The van der Waals surface area contributed by atoms with Gasteiger partial charge in [0.2, 0.25) is 0 Å². The van der Waals surface area contributed by atoms with Crippen LogP contribution < -0.4 is 10.5 Å². The van der Waals surface area contributed by atoms with E-state index >= 15 is 0 Å². The molecule has 1 aromatic rings. The van der Waals surface area contributed by atoms with Crippen molar-refractivity contribution in [3.05, 3.63) is 28.3 Å². The molecule has 1 rings (SSSR count). The van der Waals surface area contributed by atoms with E-state index in [0.717, 1.165) is 11.1 Å². The largest absolute Gasteiger partial charge is 0.495 e. The van der Waals surface area contributed by atoms with Crippen molar-refractivity contribution in [1.29, 1.82) is 0 Å². The molecule has 0 saturated heterocycles. The summed E-state index contributed by atoms with van der Waals surface area (Å²) in [6.45, 7) is 3.87. The van der Waals surface area contributed by atoms with Crippen LogP contribution in [-0.2, 0) is 0 Å². The number of nitrogens with two attached hydrogens (primary N) is 1. The molecule has 0 amide bonds. The molecule has 0 aliphatic heterocycles. The van der Waals surface area contributed by atoms with E-state index in [1.807, 2.05) is 26.0 Å². The van der Waals surface area contributed by atoms with Gasteiger partial charge in [-0.2, -0.15) is 0 Å². The van der Waals surface area contributed by atoms with Gasteiger partial charge in [-0.05, 0) is 31.0 Å². The summed E-state index contributed by atoms with van der Waals surface area (Å²) in [6.07, 6.45) is 0. The highest BCUT2D eigenvalue weighted by molar-refractivity contribution is 6.32. The summed E-state index contributed by atoms with van der Waals surface area (Å²) in [5, 5.41) is 0.659. The minimum absolute atomic E-state index is 0.00451. The first-order valence-electron chi connectivity index (χ1n) is 4.16. The van der Waals surface area contributed by atoms with Crippen molar-refractivity contribution in [3.8, 4) is 5.75 Å². The first-order valence-corrected chi connectivity index (χ1v) is 4.53. The smallest absolute Gasteiger partial charge is 0.138 e. The van der Waals surface area contributed by atoms with Crippen molar-refractivity contribution in [3.63, 3.8) is 0 Å². The summed E-state index contributed by atoms with van der Waals surface area (Å²) in [4.78, 5) is 0. The summed E-state index contributed by atoms with van der Waals surface area (Å²) >= 11 is 6.00. The molecule has 1 unspecified atom stereocenters. The zero-order chi connectivity index (χ0) is 10.0. The lowest BCUT2D eigenvalue weighted by atomic mass is 10.1. The minimum atomic E-state index is 0.00451. The van der Waals surface area contributed by atoms with Gasteiger partial charge in [-0.15, -0.1) is 0 Å².